The molecule has 0 radical (unpaired) electrons. The summed E-state index contributed by atoms with van der Waals surface area (Å²) >= 11 is 0. The van der Waals surface area contributed by atoms with E-state index in [0.717, 1.165) is 52.2 Å². The molecule has 0 unspecified atom stereocenters. The van der Waals surface area contributed by atoms with Gasteiger partial charge in [-0.3, -0.25) is 14.7 Å². The van der Waals surface area contributed by atoms with Crippen molar-refractivity contribution in [3.05, 3.63) is 46.0 Å². The smallest absolute Gasteiger partial charge is 0.359 e. The Kier molecular flexibility index (Phi) is 8.00. The van der Waals surface area contributed by atoms with Gasteiger partial charge in [-0.15, -0.1) is 0 Å². The lowest BCUT2D eigenvalue weighted by Gasteiger charge is -2.17. The van der Waals surface area contributed by atoms with Crippen LogP contribution in [0, 0.1) is 0 Å². The normalized spacial score (nSPS) is 12.5. The van der Waals surface area contributed by atoms with Crippen molar-refractivity contribution in [2.24, 2.45) is 19.8 Å². The number of fused-ring (bicyclic) bond motifs is 6. The van der Waals surface area contributed by atoms with E-state index in [1.165, 1.54) is 0 Å². The van der Waals surface area contributed by atoms with Gasteiger partial charge in [0.15, 0.2) is 11.4 Å². The first-order chi connectivity index (χ1) is 20.6. The molecule has 2 aliphatic carbocycles. The summed E-state index contributed by atoms with van der Waals surface area (Å²) in [6.45, 7) is 4.14. The predicted octanol–water partition coefficient (Wildman–Crippen LogP) is 1.38. The van der Waals surface area contributed by atoms with E-state index in [0.29, 0.717) is 36.5 Å². The fraction of sp³-hybridized carbons (Fsp3) is 0.370. The van der Waals surface area contributed by atoms with Gasteiger partial charge in [-0.25, -0.2) is 34.3 Å². The number of esters is 2. The number of amides is 2. The molecule has 0 spiro atoms. The van der Waals surface area contributed by atoms with Gasteiger partial charge in [-0.05, 0) is 50.7 Å². The summed E-state index contributed by atoms with van der Waals surface area (Å²) in [7, 11) is 3.52. The van der Waals surface area contributed by atoms with Gasteiger partial charge >= 0.3 is 18.0 Å². The minimum absolute atomic E-state index is 0.114. The SMILES string of the molecule is CCOC(=O)c1nn(C)c2c1CCc1cnc(N)nc1-2.CCOC(=O)c1nn(C)c2c1CCc1cnc(NC(N)=O)nc1-2. The zero-order valence-corrected chi connectivity index (χ0v) is 24.2. The molecule has 4 aromatic heterocycles. The second-order valence-corrected chi connectivity index (χ2v) is 9.70. The van der Waals surface area contributed by atoms with Gasteiger partial charge in [0.1, 0.15) is 0 Å². The van der Waals surface area contributed by atoms with Gasteiger partial charge in [0, 0.05) is 37.6 Å². The van der Waals surface area contributed by atoms with Crippen LogP contribution in [0.2, 0.25) is 0 Å². The lowest BCUT2D eigenvalue weighted by atomic mass is 9.93. The second kappa shape index (κ2) is 11.8. The first-order valence-electron chi connectivity index (χ1n) is 13.6. The van der Waals surface area contributed by atoms with Crippen molar-refractivity contribution in [2.75, 3.05) is 24.3 Å². The fourth-order valence-corrected chi connectivity index (χ4v) is 5.22. The monoisotopic (exact) mass is 589 g/mol. The molecule has 4 heterocycles. The van der Waals surface area contributed by atoms with E-state index in [9.17, 15) is 14.4 Å². The Morgan fingerprint density at radius 3 is 1.79 bits per heavy atom. The Hall–Kier alpha value is -5.41. The molecule has 16 heteroatoms. The van der Waals surface area contributed by atoms with Crippen molar-refractivity contribution in [1.29, 1.82) is 0 Å². The van der Waals surface area contributed by atoms with E-state index in [1.807, 2.05) is 0 Å². The number of nitrogens with one attached hydrogen (secondary N) is 1. The Morgan fingerprint density at radius 1 is 0.814 bits per heavy atom. The van der Waals surface area contributed by atoms with E-state index in [4.69, 9.17) is 20.9 Å². The highest BCUT2D eigenvalue weighted by atomic mass is 16.5. The molecule has 5 N–H and O–H groups in total. The quantitative estimate of drug-likeness (QED) is 0.281. The average Bonchev–Trinajstić information content (AvgIpc) is 3.50. The molecule has 16 nitrogen and oxygen atoms in total. The molecule has 4 aromatic rings. The Bertz CT molecular complexity index is 1740. The highest BCUT2D eigenvalue weighted by Gasteiger charge is 2.30. The number of anilines is 2. The fourth-order valence-electron chi connectivity index (χ4n) is 5.22. The number of carbonyl (C=O) groups is 3. The van der Waals surface area contributed by atoms with Crippen molar-refractivity contribution in [2.45, 2.75) is 39.5 Å². The van der Waals surface area contributed by atoms with Crippen LogP contribution in [-0.4, -0.2) is 70.7 Å². The zero-order chi connectivity index (χ0) is 30.8. The molecule has 2 amide bonds. The molecule has 0 bridgehead atoms. The maximum atomic E-state index is 12.1. The number of aryl methyl sites for hydroxylation is 4. The molecule has 0 saturated carbocycles. The summed E-state index contributed by atoms with van der Waals surface area (Å²) in [5.41, 5.74) is 18.0. The summed E-state index contributed by atoms with van der Waals surface area (Å²) in [6, 6.07) is -0.738. The number of primary amides is 1. The van der Waals surface area contributed by atoms with Crippen LogP contribution in [0.25, 0.3) is 22.8 Å². The first-order valence-corrected chi connectivity index (χ1v) is 13.6. The molecule has 0 aliphatic heterocycles. The maximum absolute atomic E-state index is 12.1. The maximum Gasteiger partial charge on any atom is 0.359 e. The van der Waals surface area contributed by atoms with E-state index >= 15 is 0 Å². The van der Waals surface area contributed by atoms with E-state index in [1.54, 1.807) is 49.7 Å². The molecule has 0 fully saturated rings. The van der Waals surface area contributed by atoms with Gasteiger partial charge in [-0.1, -0.05) is 0 Å². The van der Waals surface area contributed by atoms with Gasteiger partial charge < -0.3 is 20.9 Å². The molecular formula is C27H31N11O5. The van der Waals surface area contributed by atoms with Crippen molar-refractivity contribution in [3.63, 3.8) is 0 Å². The van der Waals surface area contributed by atoms with Gasteiger partial charge in [0.25, 0.3) is 0 Å². The van der Waals surface area contributed by atoms with Gasteiger partial charge in [-0.2, -0.15) is 10.2 Å². The Balaban J connectivity index is 0.000000173. The summed E-state index contributed by atoms with van der Waals surface area (Å²) in [5.74, 6) is -0.509. The summed E-state index contributed by atoms with van der Waals surface area (Å²) in [4.78, 5) is 51.7. The number of nitrogen functional groups attached to an aromatic ring is 1. The average molecular weight is 590 g/mol. The third-order valence-corrected chi connectivity index (χ3v) is 6.95. The van der Waals surface area contributed by atoms with Crippen LogP contribution in [0.1, 0.15) is 57.1 Å². The number of carbonyl (C=O) groups excluding carboxylic acids is 3. The van der Waals surface area contributed by atoms with Crippen LogP contribution >= 0.6 is 0 Å². The topological polar surface area (TPSA) is 221 Å². The van der Waals surface area contributed by atoms with Crippen LogP contribution in [-0.2, 0) is 49.3 Å². The molecule has 2 aliphatic rings. The van der Waals surface area contributed by atoms with Gasteiger partial charge in [0.05, 0.1) is 36.0 Å². The molecule has 43 heavy (non-hydrogen) atoms. The first kappa shape index (κ1) is 29.1. The Labute approximate surface area is 245 Å². The third-order valence-electron chi connectivity index (χ3n) is 6.95. The van der Waals surface area contributed by atoms with Crippen molar-refractivity contribution >= 4 is 29.9 Å². The summed E-state index contributed by atoms with van der Waals surface area (Å²) < 4.78 is 13.4. The largest absolute Gasteiger partial charge is 0.461 e. The number of ether oxygens (including phenoxy) is 2. The molecule has 0 atom stereocenters. The number of nitrogens with zero attached hydrogens (tertiary/aromatic N) is 8. The number of rotatable bonds is 5. The van der Waals surface area contributed by atoms with Crippen molar-refractivity contribution in [1.82, 2.24) is 39.5 Å². The Morgan fingerprint density at radius 2 is 1.30 bits per heavy atom. The highest BCUT2D eigenvalue weighted by molar-refractivity contribution is 5.92. The molecule has 0 saturated heterocycles. The third kappa shape index (κ3) is 5.58. The van der Waals surface area contributed by atoms with Gasteiger partial charge in [0.2, 0.25) is 11.9 Å². The number of urea groups is 1. The number of hydrogen-bond donors (Lipinski definition) is 3. The van der Waals surface area contributed by atoms with Crippen LogP contribution < -0.4 is 16.8 Å². The predicted molar refractivity (Wildman–Crippen MR) is 153 cm³/mol. The van der Waals surface area contributed by atoms with Crippen molar-refractivity contribution < 1.29 is 23.9 Å². The minimum Gasteiger partial charge on any atom is -0.461 e. The molecule has 0 aromatic carbocycles. The summed E-state index contributed by atoms with van der Waals surface area (Å²) in [6.07, 6.45) is 6.19. The van der Waals surface area contributed by atoms with Crippen LogP contribution in [0.5, 0.6) is 0 Å². The number of nitrogens with two attached hydrogens (primary N) is 2. The van der Waals surface area contributed by atoms with Crippen molar-refractivity contribution in [3.8, 4) is 22.8 Å². The second-order valence-electron chi connectivity index (χ2n) is 9.70. The molecule has 6 rings (SSSR count). The van der Waals surface area contributed by atoms with Crippen LogP contribution in [0.4, 0.5) is 16.7 Å². The zero-order valence-electron chi connectivity index (χ0n) is 24.2. The standard InChI is InChI=1S/C14H16N6O3.C13H15N5O2/c1-3-23-12(21)10-8-5-4-7-6-16-14(18-13(15)22)17-9(7)11(8)20(2)19-10;1-3-20-12(19)10-8-5-4-7-6-15-13(14)16-9(7)11(8)18(2)17-10/h6H,3-5H2,1-2H3,(H3,15,16,17,18,22);6H,3-5H2,1-2H3,(H2,14,15,16). The van der Waals surface area contributed by atoms with E-state index in [2.05, 4.69) is 35.5 Å². The van der Waals surface area contributed by atoms with Crippen LogP contribution in [0.15, 0.2) is 12.4 Å². The number of hydrogen-bond acceptors (Lipinski definition) is 12. The lowest BCUT2D eigenvalue weighted by molar-refractivity contribution is 0.0508. The number of aromatic nitrogens is 8. The summed E-state index contributed by atoms with van der Waals surface area (Å²) in [5, 5.41) is 10.9. The highest BCUT2D eigenvalue weighted by Crippen LogP contribution is 2.35. The minimum atomic E-state index is -0.738. The van der Waals surface area contributed by atoms with E-state index in [-0.39, 0.29) is 18.5 Å². The lowest BCUT2D eigenvalue weighted by Crippen LogP contribution is -2.21. The van der Waals surface area contributed by atoms with E-state index < -0.39 is 18.0 Å². The molecule has 224 valence electrons. The molecular weight excluding hydrogens is 558 g/mol. The van der Waals surface area contributed by atoms with Crippen LogP contribution in [0.3, 0.4) is 0 Å².